The monoisotopic (exact) mass is 316 g/mol. The lowest BCUT2D eigenvalue weighted by Gasteiger charge is -2.15. The molecular formula is C13H17BrO4. The van der Waals surface area contributed by atoms with Crippen LogP contribution in [0.1, 0.15) is 12.5 Å². The molecule has 0 spiro atoms. The number of esters is 1. The van der Waals surface area contributed by atoms with E-state index in [9.17, 15) is 9.90 Å². The van der Waals surface area contributed by atoms with Crippen LogP contribution in [-0.2, 0) is 20.9 Å². The van der Waals surface area contributed by atoms with Crippen LogP contribution in [0, 0.1) is 0 Å². The van der Waals surface area contributed by atoms with Crippen LogP contribution in [-0.4, -0.2) is 35.2 Å². The van der Waals surface area contributed by atoms with E-state index in [4.69, 9.17) is 9.47 Å². The van der Waals surface area contributed by atoms with Gasteiger partial charge in [-0.15, -0.1) is 0 Å². The normalized spacial score (nSPS) is 13.9. The predicted molar refractivity (Wildman–Crippen MR) is 71.5 cm³/mol. The smallest absolute Gasteiger partial charge is 0.336 e. The number of ether oxygens (including phenoxy) is 2. The highest BCUT2D eigenvalue weighted by molar-refractivity contribution is 9.09. The van der Waals surface area contributed by atoms with Crippen LogP contribution in [0.5, 0.6) is 0 Å². The molecule has 4 nitrogen and oxygen atoms in total. The Morgan fingerprint density at radius 2 is 2.06 bits per heavy atom. The average molecular weight is 317 g/mol. The summed E-state index contributed by atoms with van der Waals surface area (Å²) in [4.78, 5) is 10.8. The van der Waals surface area contributed by atoms with Crippen molar-refractivity contribution in [2.24, 2.45) is 0 Å². The van der Waals surface area contributed by atoms with E-state index < -0.39 is 16.9 Å². The van der Waals surface area contributed by atoms with Gasteiger partial charge in [0.25, 0.3) is 0 Å². The van der Waals surface area contributed by atoms with Gasteiger partial charge in [0.15, 0.2) is 6.10 Å². The van der Waals surface area contributed by atoms with Crippen LogP contribution >= 0.6 is 15.9 Å². The van der Waals surface area contributed by atoms with Gasteiger partial charge in [-0.25, -0.2) is 4.79 Å². The summed E-state index contributed by atoms with van der Waals surface area (Å²) in [6.07, 6.45) is -1.21. The first kappa shape index (κ1) is 15.1. The quantitative estimate of drug-likeness (QED) is 0.616. The predicted octanol–water partition coefficient (Wildman–Crippen LogP) is 1.89. The lowest BCUT2D eigenvalue weighted by molar-refractivity contribution is -0.153. The molecule has 0 aliphatic rings. The molecule has 0 bridgehead atoms. The summed E-state index contributed by atoms with van der Waals surface area (Å²) in [5, 5.41) is 9.61. The van der Waals surface area contributed by atoms with Gasteiger partial charge < -0.3 is 14.6 Å². The standard InChI is InChI=1S/C13H17BrO4/c1-2-18-13(16)12(15)11(14)9-17-8-10-6-4-3-5-7-10/h3-7,11-12,15H,2,8-9H2,1H3/t11-,12-/m0/s1. The Morgan fingerprint density at radius 1 is 1.39 bits per heavy atom. The maximum Gasteiger partial charge on any atom is 0.336 e. The topological polar surface area (TPSA) is 55.8 Å². The first-order valence-corrected chi connectivity index (χ1v) is 6.67. The van der Waals surface area contributed by atoms with Crippen LogP contribution < -0.4 is 0 Å². The highest BCUT2D eigenvalue weighted by atomic mass is 79.9. The van der Waals surface area contributed by atoms with Gasteiger partial charge in [-0.05, 0) is 12.5 Å². The molecule has 0 heterocycles. The third kappa shape index (κ3) is 5.16. The SMILES string of the molecule is CCOC(=O)[C@@H](O)[C@@H](Br)COCc1ccccc1. The fourth-order valence-electron chi connectivity index (χ4n) is 1.33. The Balaban J connectivity index is 2.28. The first-order valence-electron chi connectivity index (χ1n) is 5.75. The highest BCUT2D eigenvalue weighted by Crippen LogP contribution is 2.10. The summed E-state index contributed by atoms with van der Waals surface area (Å²) in [6, 6.07) is 9.69. The summed E-state index contributed by atoms with van der Waals surface area (Å²) in [7, 11) is 0. The van der Waals surface area contributed by atoms with E-state index in [0.29, 0.717) is 6.61 Å². The van der Waals surface area contributed by atoms with Gasteiger partial charge in [-0.2, -0.15) is 0 Å². The van der Waals surface area contributed by atoms with Crippen molar-refractivity contribution in [2.75, 3.05) is 13.2 Å². The molecule has 1 aromatic rings. The molecule has 0 aromatic heterocycles. The average Bonchev–Trinajstić information content (AvgIpc) is 2.39. The summed E-state index contributed by atoms with van der Waals surface area (Å²) >= 11 is 3.21. The van der Waals surface area contributed by atoms with Crippen LogP contribution in [0.3, 0.4) is 0 Å². The van der Waals surface area contributed by atoms with E-state index in [2.05, 4.69) is 15.9 Å². The first-order chi connectivity index (χ1) is 8.65. The van der Waals surface area contributed by atoms with Crippen LogP contribution in [0.4, 0.5) is 0 Å². The molecule has 1 N–H and O–H groups in total. The van der Waals surface area contributed by atoms with E-state index in [1.165, 1.54) is 0 Å². The fourth-order valence-corrected chi connectivity index (χ4v) is 1.73. The third-order valence-electron chi connectivity index (χ3n) is 2.26. The van der Waals surface area contributed by atoms with E-state index in [1.807, 2.05) is 30.3 Å². The molecular weight excluding hydrogens is 300 g/mol. The van der Waals surface area contributed by atoms with Gasteiger partial charge in [0, 0.05) is 0 Å². The number of aliphatic hydroxyl groups is 1. The van der Waals surface area contributed by atoms with Gasteiger partial charge in [0.2, 0.25) is 0 Å². The number of alkyl halides is 1. The number of rotatable bonds is 7. The van der Waals surface area contributed by atoms with Gasteiger partial charge in [-0.1, -0.05) is 46.3 Å². The number of halogens is 1. The Morgan fingerprint density at radius 3 is 2.67 bits per heavy atom. The van der Waals surface area contributed by atoms with Crippen LogP contribution in [0.15, 0.2) is 30.3 Å². The second-order valence-corrected chi connectivity index (χ2v) is 4.89. The van der Waals surface area contributed by atoms with Gasteiger partial charge in [0.05, 0.1) is 24.6 Å². The molecule has 0 fully saturated rings. The van der Waals surface area contributed by atoms with E-state index in [0.717, 1.165) is 5.56 Å². The zero-order valence-corrected chi connectivity index (χ0v) is 11.8. The number of aliphatic hydroxyl groups excluding tert-OH is 1. The third-order valence-corrected chi connectivity index (χ3v) is 3.02. The molecule has 0 unspecified atom stereocenters. The molecule has 0 radical (unpaired) electrons. The molecule has 1 aromatic carbocycles. The number of benzene rings is 1. The minimum absolute atomic E-state index is 0.231. The van der Waals surface area contributed by atoms with Crippen molar-refractivity contribution >= 4 is 21.9 Å². The molecule has 0 amide bonds. The molecule has 5 heteroatoms. The zero-order valence-electron chi connectivity index (χ0n) is 10.2. The van der Waals surface area contributed by atoms with Crippen molar-refractivity contribution < 1.29 is 19.4 Å². The largest absolute Gasteiger partial charge is 0.464 e. The van der Waals surface area contributed by atoms with Gasteiger partial charge in [0.1, 0.15) is 0 Å². The Bertz CT molecular complexity index is 355. The molecule has 0 aliphatic heterocycles. The lowest BCUT2D eigenvalue weighted by atomic mass is 10.2. The maximum atomic E-state index is 11.3. The van der Waals surface area contributed by atoms with E-state index in [1.54, 1.807) is 6.92 Å². The number of hydrogen-bond acceptors (Lipinski definition) is 4. The summed E-state index contributed by atoms with van der Waals surface area (Å²) in [5.41, 5.74) is 1.04. The van der Waals surface area contributed by atoms with Crippen molar-refractivity contribution in [1.29, 1.82) is 0 Å². The van der Waals surface area contributed by atoms with Crippen molar-refractivity contribution in [1.82, 2.24) is 0 Å². The van der Waals surface area contributed by atoms with Gasteiger partial charge >= 0.3 is 5.97 Å². The molecule has 100 valence electrons. The Kier molecular flexibility index (Phi) is 6.93. The summed E-state index contributed by atoms with van der Waals surface area (Å²) in [6.45, 7) is 2.62. The number of carbonyl (C=O) groups is 1. The molecule has 1 rings (SSSR count). The molecule has 0 aliphatic carbocycles. The van der Waals surface area contributed by atoms with Gasteiger partial charge in [-0.3, -0.25) is 0 Å². The maximum absolute atomic E-state index is 11.3. The second-order valence-electron chi connectivity index (χ2n) is 3.71. The fraction of sp³-hybridized carbons (Fsp3) is 0.462. The van der Waals surface area contributed by atoms with E-state index >= 15 is 0 Å². The van der Waals surface area contributed by atoms with Crippen molar-refractivity contribution in [3.05, 3.63) is 35.9 Å². The Labute approximate surface area is 115 Å². The van der Waals surface area contributed by atoms with Crippen molar-refractivity contribution in [3.63, 3.8) is 0 Å². The van der Waals surface area contributed by atoms with Crippen molar-refractivity contribution in [2.45, 2.75) is 24.5 Å². The minimum atomic E-state index is -1.21. The second kappa shape index (κ2) is 8.24. The Hall–Kier alpha value is -0.910. The highest BCUT2D eigenvalue weighted by Gasteiger charge is 2.25. The summed E-state index contributed by atoms with van der Waals surface area (Å²) in [5.74, 6) is -0.636. The summed E-state index contributed by atoms with van der Waals surface area (Å²) < 4.78 is 10.1. The van der Waals surface area contributed by atoms with Crippen LogP contribution in [0.25, 0.3) is 0 Å². The molecule has 2 atom stereocenters. The molecule has 0 saturated carbocycles. The van der Waals surface area contributed by atoms with Crippen LogP contribution in [0.2, 0.25) is 0 Å². The number of hydrogen-bond donors (Lipinski definition) is 1. The molecule has 18 heavy (non-hydrogen) atoms. The minimum Gasteiger partial charge on any atom is -0.464 e. The zero-order chi connectivity index (χ0) is 13.4. The molecule has 0 saturated heterocycles. The van der Waals surface area contributed by atoms with E-state index in [-0.39, 0.29) is 13.2 Å². The van der Waals surface area contributed by atoms with Crippen molar-refractivity contribution in [3.8, 4) is 0 Å². The lowest BCUT2D eigenvalue weighted by Crippen LogP contribution is -2.34. The number of carbonyl (C=O) groups excluding carboxylic acids is 1.